The fourth-order valence-corrected chi connectivity index (χ4v) is 6.80. The molecule has 0 aromatic heterocycles. The molecule has 5 rings (SSSR count). The summed E-state index contributed by atoms with van der Waals surface area (Å²) in [6.45, 7) is 3.26. The minimum absolute atomic E-state index is 0.239. The first-order valence-corrected chi connectivity index (χ1v) is 12.1. The lowest BCUT2D eigenvalue weighted by molar-refractivity contribution is -0.160. The van der Waals surface area contributed by atoms with Crippen LogP contribution in [0.25, 0.3) is 0 Å². The van der Waals surface area contributed by atoms with Gasteiger partial charge in [-0.15, -0.1) is 0 Å². The number of hydrogen-bond donors (Lipinski definition) is 2. The Morgan fingerprint density at radius 1 is 0.667 bits per heavy atom. The minimum atomic E-state index is -1.41. The van der Waals surface area contributed by atoms with E-state index in [0.29, 0.717) is 0 Å². The van der Waals surface area contributed by atoms with Crippen molar-refractivity contribution in [2.45, 2.75) is 37.0 Å². The van der Waals surface area contributed by atoms with Crippen LogP contribution in [0, 0.1) is 23.7 Å². The van der Waals surface area contributed by atoms with Gasteiger partial charge in [-0.25, -0.2) is 0 Å². The summed E-state index contributed by atoms with van der Waals surface area (Å²) < 4.78 is 10.2. The van der Waals surface area contributed by atoms with Crippen molar-refractivity contribution in [3.8, 4) is 0 Å². The van der Waals surface area contributed by atoms with E-state index < -0.39 is 58.8 Å². The molecule has 3 aliphatic rings. The van der Waals surface area contributed by atoms with E-state index in [-0.39, 0.29) is 11.6 Å². The highest BCUT2D eigenvalue weighted by molar-refractivity contribution is 6.08. The van der Waals surface area contributed by atoms with Crippen molar-refractivity contribution in [2.24, 2.45) is 23.7 Å². The van der Waals surface area contributed by atoms with E-state index in [0.717, 1.165) is 11.1 Å². The summed E-state index contributed by atoms with van der Waals surface area (Å²) in [5.41, 5.74) is -1.26. The first-order chi connectivity index (χ1) is 17.2. The van der Waals surface area contributed by atoms with E-state index in [1.165, 1.54) is 14.2 Å². The third kappa shape index (κ3) is 3.28. The Morgan fingerprint density at radius 2 is 1.00 bits per heavy atom. The van der Waals surface area contributed by atoms with Crippen LogP contribution in [0.4, 0.5) is 0 Å². The Balaban J connectivity index is 1.70. The van der Waals surface area contributed by atoms with Crippen molar-refractivity contribution >= 4 is 23.5 Å². The van der Waals surface area contributed by atoms with Gasteiger partial charge in [0.1, 0.15) is 22.6 Å². The highest BCUT2D eigenvalue weighted by Gasteiger charge is 2.72. The van der Waals surface area contributed by atoms with Crippen LogP contribution in [0.5, 0.6) is 0 Å². The maximum atomic E-state index is 14.4. The Bertz CT molecular complexity index is 1120. The molecule has 0 radical (unpaired) electrons. The van der Waals surface area contributed by atoms with E-state index >= 15 is 0 Å². The Morgan fingerprint density at radius 3 is 1.31 bits per heavy atom. The van der Waals surface area contributed by atoms with Gasteiger partial charge in [0.2, 0.25) is 0 Å². The van der Waals surface area contributed by atoms with Crippen molar-refractivity contribution in [2.75, 3.05) is 14.2 Å². The first kappa shape index (κ1) is 24.3. The highest BCUT2D eigenvalue weighted by Crippen LogP contribution is 2.57. The molecule has 8 heteroatoms. The van der Waals surface area contributed by atoms with Crippen LogP contribution in [0.3, 0.4) is 0 Å². The zero-order chi connectivity index (χ0) is 25.8. The van der Waals surface area contributed by atoms with Gasteiger partial charge in [-0.05, 0) is 25.0 Å². The predicted octanol–water partition coefficient (Wildman–Crippen LogP) is 2.16. The third-order valence-electron chi connectivity index (χ3n) is 8.40. The average molecular weight is 491 g/mol. The number of hydrogen-bond acceptors (Lipinski definition) is 8. The van der Waals surface area contributed by atoms with Crippen LogP contribution in [-0.2, 0) is 28.7 Å². The van der Waals surface area contributed by atoms with Crippen LogP contribution in [0.15, 0.2) is 60.7 Å². The van der Waals surface area contributed by atoms with Gasteiger partial charge in [0, 0.05) is 23.9 Å². The van der Waals surface area contributed by atoms with Crippen LogP contribution in [0.1, 0.15) is 37.1 Å². The number of nitrogens with one attached hydrogen (secondary N) is 2. The lowest BCUT2D eigenvalue weighted by atomic mass is 9.58. The van der Waals surface area contributed by atoms with Gasteiger partial charge in [0.25, 0.3) is 0 Å². The number of ketones is 2. The number of Topliss-reactive ketones (excluding diaryl/α,β-unsaturated/α-hetero) is 2. The molecule has 0 unspecified atom stereocenters. The van der Waals surface area contributed by atoms with Crippen molar-refractivity contribution in [1.82, 2.24) is 10.6 Å². The molecule has 2 saturated heterocycles. The normalized spacial score (nSPS) is 37.2. The number of methoxy groups -OCH3 is 2. The van der Waals surface area contributed by atoms with Gasteiger partial charge < -0.3 is 9.47 Å². The maximum absolute atomic E-state index is 14.4. The molecule has 3 fully saturated rings. The smallest absolute Gasteiger partial charge is 0.326 e. The molecule has 0 spiro atoms. The number of carbonyl (C=O) groups excluding carboxylic acids is 4. The number of ether oxygens (including phenoxy) is 2. The summed E-state index contributed by atoms with van der Waals surface area (Å²) in [5.74, 6) is -5.32. The largest absolute Gasteiger partial charge is 0.468 e. The van der Waals surface area contributed by atoms with Crippen LogP contribution in [0.2, 0.25) is 0 Å². The average Bonchev–Trinajstić information content (AvgIpc) is 3.41. The van der Waals surface area contributed by atoms with E-state index in [2.05, 4.69) is 10.6 Å². The molecule has 1 saturated carbocycles. The monoisotopic (exact) mass is 490 g/mol. The molecule has 8 nitrogen and oxygen atoms in total. The molecular weight excluding hydrogens is 460 g/mol. The van der Waals surface area contributed by atoms with Crippen molar-refractivity contribution in [3.05, 3.63) is 71.8 Å². The van der Waals surface area contributed by atoms with Gasteiger partial charge in [0.05, 0.1) is 26.1 Å². The SMILES string of the molecule is COC(=O)[C@]1(C)N[C@H](c2ccccc2)[C@@H]2C(=O)[C@@H]3[C@H](C(=O)[C@@H]21)[C@H](c1ccccc1)N[C@]3(C)C(=O)OC. The van der Waals surface area contributed by atoms with Crippen LogP contribution in [-0.4, -0.2) is 48.8 Å². The number of carbonyl (C=O) groups is 4. The second kappa shape index (κ2) is 8.64. The van der Waals surface area contributed by atoms with E-state index in [9.17, 15) is 19.2 Å². The molecule has 2 aliphatic heterocycles. The Kier molecular flexibility index (Phi) is 5.84. The summed E-state index contributed by atoms with van der Waals surface area (Å²) in [5, 5.41) is 6.60. The standard InChI is InChI=1S/C28H30N2O6/c1-27(25(33)35-3)19-17(21(29-27)15-11-7-5-8-12-15)24(32)20-18(23(19)31)22(16-13-9-6-10-14-16)30-28(20,2)26(34)36-4/h5-14,17-22,29-30H,1-4H3/t17-,18+,19-,20+,21-,22+,27-,28+. The maximum Gasteiger partial charge on any atom is 0.326 e. The van der Waals surface area contributed by atoms with Gasteiger partial charge in [-0.3, -0.25) is 29.8 Å². The highest BCUT2D eigenvalue weighted by atomic mass is 16.5. The fraction of sp³-hybridized carbons (Fsp3) is 0.429. The quantitative estimate of drug-likeness (QED) is 0.628. The number of rotatable bonds is 4. The fourth-order valence-electron chi connectivity index (χ4n) is 6.80. The summed E-state index contributed by atoms with van der Waals surface area (Å²) in [7, 11) is 2.55. The number of benzene rings is 2. The lowest BCUT2D eigenvalue weighted by Crippen LogP contribution is -2.60. The Labute approximate surface area is 209 Å². The van der Waals surface area contributed by atoms with Crippen molar-refractivity contribution in [3.63, 3.8) is 0 Å². The predicted molar refractivity (Wildman–Crippen MR) is 129 cm³/mol. The van der Waals surface area contributed by atoms with Gasteiger partial charge >= 0.3 is 11.9 Å². The molecular formula is C28H30N2O6. The van der Waals surface area contributed by atoms with E-state index in [1.807, 2.05) is 60.7 Å². The van der Waals surface area contributed by atoms with Crippen LogP contribution >= 0.6 is 0 Å². The summed E-state index contributed by atoms with van der Waals surface area (Å²) in [4.78, 5) is 55.1. The zero-order valence-corrected chi connectivity index (χ0v) is 20.7. The van der Waals surface area contributed by atoms with Gasteiger partial charge in [-0.1, -0.05) is 60.7 Å². The van der Waals surface area contributed by atoms with Gasteiger partial charge in [0.15, 0.2) is 0 Å². The zero-order valence-electron chi connectivity index (χ0n) is 20.7. The van der Waals surface area contributed by atoms with Gasteiger partial charge in [-0.2, -0.15) is 0 Å². The topological polar surface area (TPSA) is 111 Å². The molecule has 8 atom stereocenters. The molecule has 1 aliphatic carbocycles. The second-order valence-corrected chi connectivity index (χ2v) is 10.3. The van der Waals surface area contributed by atoms with Crippen molar-refractivity contribution < 1.29 is 28.7 Å². The number of fused-ring (bicyclic) bond motifs is 2. The summed E-state index contributed by atoms with van der Waals surface area (Å²) in [6.07, 6.45) is 0. The third-order valence-corrected chi connectivity index (χ3v) is 8.40. The molecule has 0 bridgehead atoms. The minimum Gasteiger partial charge on any atom is -0.468 e. The molecule has 188 valence electrons. The summed E-state index contributed by atoms with van der Waals surface area (Å²) in [6, 6.07) is 17.3. The van der Waals surface area contributed by atoms with E-state index in [1.54, 1.807) is 13.8 Å². The second-order valence-electron chi connectivity index (χ2n) is 10.3. The number of esters is 2. The van der Waals surface area contributed by atoms with Crippen molar-refractivity contribution in [1.29, 1.82) is 0 Å². The molecule has 0 amide bonds. The van der Waals surface area contributed by atoms with E-state index in [4.69, 9.17) is 9.47 Å². The lowest BCUT2D eigenvalue weighted by Gasteiger charge is -2.41. The first-order valence-electron chi connectivity index (χ1n) is 12.1. The molecule has 2 N–H and O–H groups in total. The Hall–Kier alpha value is -3.36. The summed E-state index contributed by atoms with van der Waals surface area (Å²) >= 11 is 0. The molecule has 2 aromatic carbocycles. The molecule has 2 aromatic rings. The molecule has 36 heavy (non-hydrogen) atoms. The van der Waals surface area contributed by atoms with Crippen LogP contribution < -0.4 is 10.6 Å². The molecule has 2 heterocycles.